The molecule has 26 heavy (non-hydrogen) atoms. The third-order valence-corrected chi connectivity index (χ3v) is 6.15. The molecular formula is C19H21ClN2O3S. The smallest absolute Gasteiger partial charge is 0.240 e. The van der Waals surface area contributed by atoms with Crippen molar-refractivity contribution in [3.05, 3.63) is 59.2 Å². The number of nitrogens with one attached hydrogen (secondary N) is 2. The van der Waals surface area contributed by atoms with Crippen molar-refractivity contribution in [1.82, 2.24) is 9.71 Å². The fourth-order valence-corrected chi connectivity index (χ4v) is 4.46. The highest BCUT2D eigenvalue weighted by molar-refractivity contribution is 7.89. The molecule has 2 aromatic carbocycles. The van der Waals surface area contributed by atoms with Crippen LogP contribution in [-0.4, -0.2) is 27.1 Å². The van der Waals surface area contributed by atoms with Crippen molar-refractivity contribution in [3.8, 4) is 5.75 Å². The number of fused-ring (bicyclic) bond motifs is 1. The van der Waals surface area contributed by atoms with E-state index in [9.17, 15) is 8.42 Å². The van der Waals surface area contributed by atoms with Gasteiger partial charge in [0.1, 0.15) is 5.75 Å². The van der Waals surface area contributed by atoms with E-state index in [1.54, 1.807) is 6.07 Å². The SMILES string of the molecule is COc1ccc(S(=O)(=O)NCC(C)(C)c2c[nH]c3ccccc23)cc1Cl. The summed E-state index contributed by atoms with van der Waals surface area (Å²) in [5, 5.41) is 1.34. The Balaban J connectivity index is 1.83. The van der Waals surface area contributed by atoms with E-state index in [2.05, 4.69) is 9.71 Å². The first-order valence-corrected chi connectivity index (χ1v) is 10.0. The van der Waals surface area contributed by atoms with E-state index < -0.39 is 15.4 Å². The van der Waals surface area contributed by atoms with Gasteiger partial charge in [0.15, 0.2) is 0 Å². The maximum atomic E-state index is 12.6. The van der Waals surface area contributed by atoms with Crippen molar-refractivity contribution in [1.29, 1.82) is 0 Å². The van der Waals surface area contributed by atoms with E-state index in [1.807, 2.05) is 44.3 Å². The zero-order chi connectivity index (χ0) is 18.9. The molecule has 3 aromatic rings. The quantitative estimate of drug-likeness (QED) is 0.663. The Bertz CT molecular complexity index is 1040. The second-order valence-electron chi connectivity index (χ2n) is 6.75. The molecule has 1 aromatic heterocycles. The maximum absolute atomic E-state index is 12.6. The lowest BCUT2D eigenvalue weighted by Crippen LogP contribution is -2.36. The van der Waals surface area contributed by atoms with Crippen LogP contribution in [0.2, 0.25) is 5.02 Å². The van der Waals surface area contributed by atoms with E-state index in [-0.39, 0.29) is 16.5 Å². The van der Waals surface area contributed by atoms with Gasteiger partial charge < -0.3 is 9.72 Å². The van der Waals surface area contributed by atoms with Gasteiger partial charge in [0.05, 0.1) is 17.0 Å². The highest BCUT2D eigenvalue weighted by atomic mass is 35.5. The number of sulfonamides is 1. The van der Waals surface area contributed by atoms with Crippen molar-refractivity contribution in [2.45, 2.75) is 24.2 Å². The fraction of sp³-hybridized carbons (Fsp3) is 0.263. The van der Waals surface area contributed by atoms with Gasteiger partial charge in [-0.3, -0.25) is 0 Å². The summed E-state index contributed by atoms with van der Waals surface area (Å²) < 4.78 is 33.0. The molecule has 3 rings (SSSR count). The lowest BCUT2D eigenvalue weighted by molar-refractivity contribution is 0.414. The minimum Gasteiger partial charge on any atom is -0.495 e. The summed E-state index contributed by atoms with van der Waals surface area (Å²) in [7, 11) is -2.20. The number of H-pyrrole nitrogens is 1. The van der Waals surface area contributed by atoms with Gasteiger partial charge in [-0.1, -0.05) is 43.6 Å². The standard InChI is InChI=1S/C19H21ClN2O3S/c1-19(2,15-11-21-17-7-5-4-6-14(15)17)12-22-26(23,24)13-8-9-18(25-3)16(20)10-13/h4-11,21-22H,12H2,1-3H3. The number of methoxy groups -OCH3 is 1. The highest BCUT2D eigenvalue weighted by Crippen LogP contribution is 2.31. The van der Waals surface area contributed by atoms with Gasteiger partial charge in [-0.25, -0.2) is 13.1 Å². The number of hydrogen-bond acceptors (Lipinski definition) is 3. The van der Waals surface area contributed by atoms with E-state index in [0.29, 0.717) is 5.75 Å². The Labute approximate surface area is 158 Å². The van der Waals surface area contributed by atoms with Crippen molar-refractivity contribution < 1.29 is 13.2 Å². The molecule has 0 aliphatic carbocycles. The van der Waals surface area contributed by atoms with Gasteiger partial charge in [0.25, 0.3) is 0 Å². The molecule has 0 fully saturated rings. The lowest BCUT2D eigenvalue weighted by Gasteiger charge is -2.25. The van der Waals surface area contributed by atoms with Crippen LogP contribution in [0.5, 0.6) is 5.75 Å². The fourth-order valence-electron chi connectivity index (χ4n) is 2.90. The summed E-state index contributed by atoms with van der Waals surface area (Å²) in [6, 6.07) is 12.4. The third kappa shape index (κ3) is 3.58. The summed E-state index contributed by atoms with van der Waals surface area (Å²) in [4.78, 5) is 3.34. The Morgan fingerprint density at radius 3 is 2.62 bits per heavy atom. The molecule has 7 heteroatoms. The topological polar surface area (TPSA) is 71.2 Å². The molecule has 0 bridgehead atoms. The molecule has 0 amide bonds. The number of benzene rings is 2. The van der Waals surface area contributed by atoms with E-state index >= 15 is 0 Å². The average molecular weight is 393 g/mol. The molecule has 0 atom stereocenters. The van der Waals surface area contributed by atoms with Crippen LogP contribution in [0.15, 0.2) is 53.6 Å². The number of ether oxygens (including phenoxy) is 1. The van der Waals surface area contributed by atoms with Crippen molar-refractivity contribution >= 4 is 32.5 Å². The maximum Gasteiger partial charge on any atom is 0.240 e. The summed E-state index contributed by atoms with van der Waals surface area (Å²) in [5.41, 5.74) is 1.69. The van der Waals surface area contributed by atoms with Gasteiger partial charge in [0.2, 0.25) is 10.0 Å². The van der Waals surface area contributed by atoms with E-state index in [1.165, 1.54) is 19.2 Å². The number of halogens is 1. The number of para-hydroxylation sites is 1. The van der Waals surface area contributed by atoms with Crippen molar-refractivity contribution in [2.24, 2.45) is 0 Å². The van der Waals surface area contributed by atoms with Crippen LogP contribution in [0.4, 0.5) is 0 Å². The van der Waals surface area contributed by atoms with Gasteiger partial charge >= 0.3 is 0 Å². The molecule has 0 aliphatic rings. The first kappa shape index (κ1) is 18.8. The zero-order valence-corrected chi connectivity index (χ0v) is 16.4. The summed E-state index contributed by atoms with van der Waals surface area (Å²) >= 11 is 6.05. The molecule has 0 aliphatic heterocycles. The Morgan fingerprint density at radius 2 is 1.92 bits per heavy atom. The van der Waals surface area contributed by atoms with Crippen LogP contribution in [0.1, 0.15) is 19.4 Å². The molecule has 138 valence electrons. The molecule has 5 nitrogen and oxygen atoms in total. The number of aromatic nitrogens is 1. The van der Waals surface area contributed by atoms with Gasteiger partial charge in [-0.15, -0.1) is 0 Å². The molecule has 0 saturated heterocycles. The van der Waals surface area contributed by atoms with Gasteiger partial charge in [-0.2, -0.15) is 0 Å². The van der Waals surface area contributed by atoms with Crippen LogP contribution in [0.25, 0.3) is 10.9 Å². The second-order valence-corrected chi connectivity index (χ2v) is 8.93. The normalized spacial score (nSPS) is 12.5. The number of rotatable bonds is 6. The van der Waals surface area contributed by atoms with Crippen LogP contribution < -0.4 is 9.46 Å². The second kappa shape index (κ2) is 6.95. The predicted octanol–water partition coefficient (Wildman–Crippen LogP) is 4.09. The molecule has 1 heterocycles. The molecule has 0 radical (unpaired) electrons. The van der Waals surface area contributed by atoms with Crippen molar-refractivity contribution in [2.75, 3.05) is 13.7 Å². The van der Waals surface area contributed by atoms with Crippen LogP contribution in [0.3, 0.4) is 0 Å². The first-order valence-electron chi connectivity index (χ1n) is 8.14. The monoisotopic (exact) mass is 392 g/mol. The molecule has 0 saturated carbocycles. The summed E-state index contributed by atoms with van der Waals surface area (Å²) in [6.07, 6.45) is 1.93. The minimum atomic E-state index is -3.69. The first-order chi connectivity index (χ1) is 12.2. The van der Waals surface area contributed by atoms with Gasteiger partial charge in [0, 0.05) is 29.1 Å². The molecule has 0 spiro atoms. The van der Waals surface area contributed by atoms with E-state index in [4.69, 9.17) is 16.3 Å². The number of aromatic amines is 1. The van der Waals surface area contributed by atoms with Crippen molar-refractivity contribution in [3.63, 3.8) is 0 Å². The zero-order valence-electron chi connectivity index (χ0n) is 14.8. The van der Waals surface area contributed by atoms with Crippen LogP contribution in [0, 0.1) is 0 Å². The predicted molar refractivity (Wildman–Crippen MR) is 105 cm³/mol. The Morgan fingerprint density at radius 1 is 1.19 bits per heavy atom. The molecule has 0 unspecified atom stereocenters. The molecular weight excluding hydrogens is 372 g/mol. The van der Waals surface area contributed by atoms with Gasteiger partial charge in [-0.05, 0) is 29.8 Å². The highest BCUT2D eigenvalue weighted by Gasteiger charge is 2.27. The Kier molecular flexibility index (Phi) is 5.01. The number of hydrogen-bond donors (Lipinski definition) is 2. The average Bonchev–Trinajstić information content (AvgIpc) is 3.05. The lowest BCUT2D eigenvalue weighted by atomic mass is 9.85. The summed E-state index contributed by atoms with van der Waals surface area (Å²) in [6.45, 7) is 4.26. The van der Waals surface area contributed by atoms with Crippen LogP contribution in [-0.2, 0) is 15.4 Å². The Hall–Kier alpha value is -2.02. The summed E-state index contributed by atoms with van der Waals surface area (Å²) in [5.74, 6) is 0.435. The largest absolute Gasteiger partial charge is 0.495 e. The van der Waals surface area contributed by atoms with E-state index in [0.717, 1.165) is 16.5 Å². The minimum absolute atomic E-state index is 0.109. The molecule has 2 N–H and O–H groups in total. The third-order valence-electron chi connectivity index (χ3n) is 4.46. The van der Waals surface area contributed by atoms with Crippen LogP contribution >= 0.6 is 11.6 Å².